The van der Waals surface area contributed by atoms with E-state index in [1.54, 1.807) is 19.1 Å². The maximum absolute atomic E-state index is 13.4. The molecule has 3 rings (SSSR count). The normalized spacial score (nSPS) is 10.4. The highest BCUT2D eigenvalue weighted by Gasteiger charge is 2.13. The smallest absolute Gasteiger partial charge is 0.257 e. The van der Waals surface area contributed by atoms with Crippen LogP contribution >= 0.6 is 0 Å². The van der Waals surface area contributed by atoms with Crippen LogP contribution in [-0.4, -0.2) is 10.9 Å². The lowest BCUT2D eigenvalue weighted by Gasteiger charge is -2.09. The summed E-state index contributed by atoms with van der Waals surface area (Å²) in [6.07, 6.45) is 0. The van der Waals surface area contributed by atoms with E-state index in [0.717, 1.165) is 22.5 Å². The van der Waals surface area contributed by atoms with Crippen molar-refractivity contribution < 1.29 is 9.18 Å². The van der Waals surface area contributed by atoms with E-state index in [1.165, 1.54) is 12.1 Å². The minimum Gasteiger partial charge on any atom is -0.322 e. The molecule has 0 atom stereocenters. The molecule has 0 fully saturated rings. The first kappa shape index (κ1) is 15.6. The molecule has 5 heteroatoms. The topological polar surface area (TPSA) is 65.8 Å². The summed E-state index contributed by atoms with van der Waals surface area (Å²) in [6.45, 7) is 3.75. The van der Waals surface area contributed by atoms with Gasteiger partial charge in [0.15, 0.2) is 0 Å². The fourth-order valence-corrected chi connectivity index (χ4v) is 2.49. The van der Waals surface area contributed by atoms with Gasteiger partial charge in [0.25, 0.3) is 5.91 Å². The molecule has 1 N–H and O–H groups in total. The van der Waals surface area contributed by atoms with E-state index in [9.17, 15) is 9.18 Å². The Balaban J connectivity index is 1.95. The van der Waals surface area contributed by atoms with Gasteiger partial charge < -0.3 is 5.32 Å². The van der Waals surface area contributed by atoms with Crippen molar-refractivity contribution >= 4 is 22.5 Å². The number of amides is 1. The Morgan fingerprint density at radius 3 is 2.71 bits per heavy atom. The average molecular weight is 319 g/mol. The molecule has 0 saturated heterocycles. The lowest BCUT2D eigenvalue weighted by molar-refractivity contribution is 0.102. The van der Waals surface area contributed by atoms with Crippen molar-refractivity contribution in [2.24, 2.45) is 0 Å². The molecule has 0 aliphatic heterocycles. The summed E-state index contributed by atoms with van der Waals surface area (Å²) in [5, 5.41) is 12.4. The molecule has 1 heterocycles. The molecule has 0 unspecified atom stereocenters. The molecule has 0 radical (unpaired) electrons. The summed E-state index contributed by atoms with van der Waals surface area (Å²) in [7, 11) is 0. The summed E-state index contributed by atoms with van der Waals surface area (Å²) in [4.78, 5) is 17.0. The first-order valence-electron chi connectivity index (χ1n) is 7.37. The molecule has 0 aliphatic rings. The van der Waals surface area contributed by atoms with E-state index < -0.39 is 5.82 Å². The predicted octanol–water partition coefficient (Wildman–Crippen LogP) is 4.11. The highest BCUT2D eigenvalue weighted by Crippen LogP contribution is 2.20. The third-order valence-corrected chi connectivity index (χ3v) is 3.75. The lowest BCUT2D eigenvalue weighted by atomic mass is 10.1. The molecule has 0 spiro atoms. The quantitative estimate of drug-likeness (QED) is 0.773. The molecule has 0 bridgehead atoms. The number of carbonyl (C=O) groups excluding carboxylic acids is 1. The molecule has 1 aromatic heterocycles. The molecule has 2 aromatic carbocycles. The van der Waals surface area contributed by atoms with Crippen molar-refractivity contribution in [3.05, 3.63) is 70.7 Å². The number of carbonyl (C=O) groups is 1. The number of anilines is 1. The fraction of sp³-hybridized carbons (Fsp3) is 0.105. The SMILES string of the molecule is Cc1ccc2cc(C(=O)Nc3ccc(F)c(C#N)c3)c(C)nc2c1. The van der Waals surface area contributed by atoms with Gasteiger partial charge in [-0.15, -0.1) is 0 Å². The van der Waals surface area contributed by atoms with Gasteiger partial charge in [-0.2, -0.15) is 5.26 Å². The highest BCUT2D eigenvalue weighted by molar-refractivity contribution is 6.06. The van der Waals surface area contributed by atoms with Crippen molar-refractivity contribution in [1.29, 1.82) is 5.26 Å². The van der Waals surface area contributed by atoms with Crippen LogP contribution < -0.4 is 5.32 Å². The Morgan fingerprint density at radius 1 is 1.17 bits per heavy atom. The minimum absolute atomic E-state index is 0.114. The summed E-state index contributed by atoms with van der Waals surface area (Å²) in [6, 6.07) is 13.2. The second-order valence-electron chi connectivity index (χ2n) is 5.58. The first-order valence-corrected chi connectivity index (χ1v) is 7.37. The molecule has 24 heavy (non-hydrogen) atoms. The van der Waals surface area contributed by atoms with Crippen molar-refractivity contribution in [2.75, 3.05) is 5.32 Å². The van der Waals surface area contributed by atoms with E-state index in [4.69, 9.17) is 5.26 Å². The highest BCUT2D eigenvalue weighted by atomic mass is 19.1. The fourth-order valence-electron chi connectivity index (χ4n) is 2.49. The van der Waals surface area contributed by atoms with Crippen LogP contribution in [0.2, 0.25) is 0 Å². The van der Waals surface area contributed by atoms with Crippen LogP contribution in [-0.2, 0) is 0 Å². The molecule has 0 saturated carbocycles. The van der Waals surface area contributed by atoms with Gasteiger partial charge in [-0.1, -0.05) is 12.1 Å². The van der Waals surface area contributed by atoms with Crippen LogP contribution in [0.25, 0.3) is 10.9 Å². The maximum Gasteiger partial charge on any atom is 0.257 e. The van der Waals surface area contributed by atoms with Gasteiger partial charge in [0, 0.05) is 11.1 Å². The zero-order valence-electron chi connectivity index (χ0n) is 13.2. The summed E-state index contributed by atoms with van der Waals surface area (Å²) < 4.78 is 13.4. The maximum atomic E-state index is 13.4. The van der Waals surface area contributed by atoms with Crippen LogP contribution in [0.3, 0.4) is 0 Å². The molecular formula is C19H14FN3O. The monoisotopic (exact) mass is 319 g/mol. The van der Waals surface area contributed by atoms with Gasteiger partial charge in [0.1, 0.15) is 11.9 Å². The van der Waals surface area contributed by atoms with Crippen molar-refractivity contribution in [2.45, 2.75) is 13.8 Å². The lowest BCUT2D eigenvalue weighted by Crippen LogP contribution is -2.14. The summed E-state index contributed by atoms with van der Waals surface area (Å²) in [5.74, 6) is -0.965. The zero-order valence-corrected chi connectivity index (χ0v) is 13.2. The molecular weight excluding hydrogens is 305 g/mol. The van der Waals surface area contributed by atoms with Gasteiger partial charge in [-0.25, -0.2) is 4.39 Å². The number of aromatic nitrogens is 1. The minimum atomic E-state index is -0.616. The number of hydrogen-bond donors (Lipinski definition) is 1. The van der Waals surface area contributed by atoms with Gasteiger partial charge in [0.2, 0.25) is 0 Å². The van der Waals surface area contributed by atoms with Crippen LogP contribution in [0.5, 0.6) is 0 Å². The third-order valence-electron chi connectivity index (χ3n) is 3.75. The third kappa shape index (κ3) is 2.95. The summed E-state index contributed by atoms with van der Waals surface area (Å²) >= 11 is 0. The number of nitrogens with one attached hydrogen (secondary N) is 1. The van der Waals surface area contributed by atoms with E-state index in [2.05, 4.69) is 10.3 Å². The first-order chi connectivity index (χ1) is 11.5. The van der Waals surface area contributed by atoms with Crippen LogP contribution in [0, 0.1) is 31.0 Å². The Hall–Kier alpha value is -3.26. The number of hydrogen-bond acceptors (Lipinski definition) is 3. The number of pyridine rings is 1. The predicted molar refractivity (Wildman–Crippen MR) is 90.3 cm³/mol. The number of nitrogens with zero attached hydrogens (tertiary/aromatic N) is 2. The number of aryl methyl sites for hydroxylation is 2. The van der Waals surface area contributed by atoms with E-state index in [1.807, 2.05) is 25.1 Å². The molecule has 4 nitrogen and oxygen atoms in total. The Kier molecular flexibility index (Phi) is 3.97. The zero-order chi connectivity index (χ0) is 17.3. The molecule has 0 aliphatic carbocycles. The van der Waals surface area contributed by atoms with E-state index in [-0.39, 0.29) is 11.5 Å². The van der Waals surface area contributed by atoms with Crippen molar-refractivity contribution in [3.8, 4) is 6.07 Å². The van der Waals surface area contributed by atoms with Gasteiger partial charge in [0.05, 0.1) is 22.3 Å². The Bertz CT molecular complexity index is 1010. The van der Waals surface area contributed by atoms with Gasteiger partial charge in [-0.3, -0.25) is 9.78 Å². The van der Waals surface area contributed by atoms with E-state index in [0.29, 0.717) is 16.9 Å². The van der Waals surface area contributed by atoms with Crippen molar-refractivity contribution in [3.63, 3.8) is 0 Å². The molecule has 1 amide bonds. The van der Waals surface area contributed by atoms with E-state index >= 15 is 0 Å². The van der Waals surface area contributed by atoms with Gasteiger partial charge >= 0.3 is 0 Å². The average Bonchev–Trinajstić information content (AvgIpc) is 2.55. The van der Waals surface area contributed by atoms with Crippen molar-refractivity contribution in [1.82, 2.24) is 4.98 Å². The Morgan fingerprint density at radius 2 is 1.96 bits per heavy atom. The second kappa shape index (κ2) is 6.09. The standard InChI is InChI=1S/C19H14FN3O/c1-11-3-4-13-9-16(12(2)22-18(13)7-11)19(24)23-15-5-6-17(20)14(8-15)10-21/h3-9H,1-2H3,(H,23,24). The Labute approximate surface area is 138 Å². The largest absolute Gasteiger partial charge is 0.322 e. The summed E-state index contributed by atoms with van der Waals surface area (Å²) in [5.41, 5.74) is 3.22. The second-order valence-corrected chi connectivity index (χ2v) is 5.58. The van der Waals surface area contributed by atoms with Gasteiger partial charge in [-0.05, 0) is 49.7 Å². The number of benzene rings is 2. The van der Waals surface area contributed by atoms with Crippen LogP contribution in [0.4, 0.5) is 10.1 Å². The molecule has 3 aromatic rings. The molecule has 118 valence electrons. The van der Waals surface area contributed by atoms with Crippen LogP contribution in [0.1, 0.15) is 27.2 Å². The number of rotatable bonds is 2. The number of halogens is 1. The number of fused-ring (bicyclic) bond motifs is 1. The van der Waals surface area contributed by atoms with Crippen LogP contribution in [0.15, 0.2) is 42.5 Å². The number of nitriles is 1.